The molecule has 1 aliphatic heterocycles. The summed E-state index contributed by atoms with van der Waals surface area (Å²) in [6.07, 6.45) is 3.42. The average molecular weight is 487 g/mol. The smallest absolute Gasteiger partial charge is 0.243 e. The molecule has 0 spiro atoms. The van der Waals surface area contributed by atoms with E-state index < -0.39 is 10.0 Å². The van der Waals surface area contributed by atoms with Crippen molar-refractivity contribution in [2.75, 3.05) is 26.2 Å². The molecule has 1 aromatic carbocycles. The van der Waals surface area contributed by atoms with Crippen molar-refractivity contribution in [2.24, 2.45) is 0 Å². The highest BCUT2D eigenvalue weighted by molar-refractivity contribution is 8.00. The molecule has 4 rings (SSSR count). The van der Waals surface area contributed by atoms with Crippen LogP contribution in [0.1, 0.15) is 13.8 Å². The van der Waals surface area contributed by atoms with Crippen LogP contribution in [0.25, 0.3) is 11.4 Å². The zero-order valence-electron chi connectivity index (χ0n) is 18.5. The lowest BCUT2D eigenvalue weighted by Crippen LogP contribution is -2.52. The van der Waals surface area contributed by atoms with Crippen molar-refractivity contribution in [1.29, 1.82) is 0 Å². The van der Waals surface area contributed by atoms with Gasteiger partial charge in [0.2, 0.25) is 15.9 Å². The van der Waals surface area contributed by atoms with Crippen LogP contribution in [0.2, 0.25) is 0 Å². The molecule has 1 aliphatic rings. The predicted octanol–water partition coefficient (Wildman–Crippen LogP) is 2.37. The summed E-state index contributed by atoms with van der Waals surface area (Å²) in [5, 5.41) is 8.92. The van der Waals surface area contributed by atoms with Gasteiger partial charge in [-0.2, -0.15) is 4.31 Å². The summed E-state index contributed by atoms with van der Waals surface area (Å²) in [5.74, 6) is 0.703. The van der Waals surface area contributed by atoms with E-state index in [1.54, 1.807) is 47.6 Å². The lowest BCUT2D eigenvalue weighted by molar-refractivity contribution is -0.131. The maximum atomic E-state index is 13.1. The van der Waals surface area contributed by atoms with E-state index >= 15 is 0 Å². The second-order valence-corrected chi connectivity index (χ2v) is 10.8. The van der Waals surface area contributed by atoms with Crippen LogP contribution in [0.3, 0.4) is 0 Å². The molecule has 0 bridgehead atoms. The lowest BCUT2D eigenvalue weighted by Gasteiger charge is -2.35. The standard InChI is InChI=1S/C22H26N6O3S2/c1-3-28-20(18-9-11-23-12-10-18)24-25-22(28)32-17(2)21(29)26-13-15-27(16-14-26)33(30,31)19-7-5-4-6-8-19/h4-12,17H,3,13-16H2,1-2H3. The van der Waals surface area contributed by atoms with Crippen LogP contribution in [-0.4, -0.2) is 74.7 Å². The maximum Gasteiger partial charge on any atom is 0.243 e. The zero-order chi connectivity index (χ0) is 23.4. The summed E-state index contributed by atoms with van der Waals surface area (Å²) in [6, 6.07) is 12.1. The number of carbonyl (C=O) groups excluding carboxylic acids is 1. The number of aromatic nitrogens is 4. The second kappa shape index (κ2) is 10.0. The Morgan fingerprint density at radius 3 is 2.33 bits per heavy atom. The quantitative estimate of drug-likeness (QED) is 0.473. The molecule has 0 saturated carbocycles. The van der Waals surface area contributed by atoms with Gasteiger partial charge in [-0.25, -0.2) is 8.42 Å². The van der Waals surface area contributed by atoms with Gasteiger partial charge in [0.25, 0.3) is 0 Å². The molecular weight excluding hydrogens is 460 g/mol. The second-order valence-electron chi connectivity index (χ2n) is 7.59. The van der Waals surface area contributed by atoms with E-state index in [0.717, 1.165) is 11.4 Å². The number of rotatable bonds is 7. The minimum Gasteiger partial charge on any atom is -0.339 e. The minimum absolute atomic E-state index is 0.0344. The van der Waals surface area contributed by atoms with Crippen molar-refractivity contribution >= 4 is 27.7 Å². The number of hydrogen-bond donors (Lipinski definition) is 0. The van der Waals surface area contributed by atoms with Gasteiger partial charge in [-0.1, -0.05) is 30.0 Å². The van der Waals surface area contributed by atoms with Crippen LogP contribution in [0.5, 0.6) is 0 Å². The monoisotopic (exact) mass is 486 g/mol. The summed E-state index contributed by atoms with van der Waals surface area (Å²) in [4.78, 5) is 19.1. The van der Waals surface area contributed by atoms with E-state index in [2.05, 4.69) is 15.2 Å². The molecule has 0 N–H and O–H groups in total. The number of benzene rings is 1. The number of sulfonamides is 1. The number of nitrogens with zero attached hydrogens (tertiary/aromatic N) is 6. The van der Waals surface area contributed by atoms with Crippen molar-refractivity contribution in [2.45, 2.75) is 35.7 Å². The third kappa shape index (κ3) is 4.94. The third-order valence-electron chi connectivity index (χ3n) is 5.53. The number of thioether (sulfide) groups is 1. The first kappa shape index (κ1) is 23.4. The average Bonchev–Trinajstić information content (AvgIpc) is 3.27. The van der Waals surface area contributed by atoms with Gasteiger partial charge in [-0.05, 0) is 38.1 Å². The molecule has 9 nitrogen and oxygen atoms in total. The van der Waals surface area contributed by atoms with Crippen molar-refractivity contribution in [3.8, 4) is 11.4 Å². The first-order valence-corrected chi connectivity index (χ1v) is 13.1. The number of piperazine rings is 1. The molecule has 0 radical (unpaired) electrons. The summed E-state index contributed by atoms with van der Waals surface area (Å²) in [6.45, 7) is 5.80. The fourth-order valence-corrected chi connectivity index (χ4v) is 6.17. The molecule has 3 heterocycles. The highest BCUT2D eigenvalue weighted by atomic mass is 32.2. The number of hydrogen-bond acceptors (Lipinski definition) is 7. The molecule has 33 heavy (non-hydrogen) atoms. The van der Waals surface area contributed by atoms with E-state index in [4.69, 9.17) is 0 Å². The van der Waals surface area contributed by atoms with Crippen LogP contribution in [-0.2, 0) is 21.4 Å². The third-order valence-corrected chi connectivity index (χ3v) is 8.51. The van der Waals surface area contributed by atoms with Gasteiger partial charge in [0, 0.05) is 50.7 Å². The Hall–Kier alpha value is -2.76. The van der Waals surface area contributed by atoms with Crippen molar-refractivity contribution in [3.05, 3.63) is 54.9 Å². The Labute approximate surface area is 197 Å². The molecule has 174 valence electrons. The summed E-state index contributed by atoms with van der Waals surface area (Å²) < 4.78 is 29.1. The molecule has 2 aromatic heterocycles. The lowest BCUT2D eigenvalue weighted by atomic mass is 10.2. The summed E-state index contributed by atoms with van der Waals surface area (Å²) in [5.41, 5.74) is 0.918. The molecule has 1 amide bonds. The Balaban J connectivity index is 1.40. The first-order chi connectivity index (χ1) is 15.9. The number of pyridine rings is 1. The highest BCUT2D eigenvalue weighted by Gasteiger charge is 2.32. The van der Waals surface area contributed by atoms with Gasteiger partial charge in [0.05, 0.1) is 10.1 Å². The van der Waals surface area contributed by atoms with E-state index in [-0.39, 0.29) is 29.1 Å². The highest BCUT2D eigenvalue weighted by Crippen LogP contribution is 2.28. The van der Waals surface area contributed by atoms with Crippen molar-refractivity contribution in [1.82, 2.24) is 29.0 Å². The van der Waals surface area contributed by atoms with Crippen molar-refractivity contribution in [3.63, 3.8) is 0 Å². The zero-order valence-corrected chi connectivity index (χ0v) is 20.2. The molecule has 1 atom stereocenters. The Morgan fingerprint density at radius 2 is 1.70 bits per heavy atom. The predicted molar refractivity (Wildman–Crippen MR) is 126 cm³/mol. The van der Waals surface area contributed by atoms with E-state index in [9.17, 15) is 13.2 Å². The molecule has 3 aromatic rings. The van der Waals surface area contributed by atoms with E-state index in [0.29, 0.717) is 24.8 Å². The van der Waals surface area contributed by atoms with Crippen LogP contribution in [0, 0.1) is 0 Å². The Kier molecular flexibility index (Phi) is 7.11. The molecule has 11 heteroatoms. The molecule has 1 fully saturated rings. The molecular formula is C22H26N6O3S2. The van der Waals surface area contributed by atoms with Crippen molar-refractivity contribution < 1.29 is 13.2 Å². The summed E-state index contributed by atoms with van der Waals surface area (Å²) >= 11 is 1.37. The summed E-state index contributed by atoms with van der Waals surface area (Å²) in [7, 11) is -3.55. The van der Waals surface area contributed by atoms with Gasteiger partial charge < -0.3 is 9.47 Å². The molecule has 1 saturated heterocycles. The van der Waals surface area contributed by atoms with Gasteiger partial charge >= 0.3 is 0 Å². The van der Waals surface area contributed by atoms with E-state index in [1.165, 1.54) is 16.1 Å². The van der Waals surface area contributed by atoms with Crippen LogP contribution >= 0.6 is 11.8 Å². The molecule has 1 unspecified atom stereocenters. The maximum absolute atomic E-state index is 13.1. The normalized spacial score (nSPS) is 16.0. The number of carbonyl (C=O) groups is 1. The minimum atomic E-state index is -3.55. The first-order valence-electron chi connectivity index (χ1n) is 10.8. The number of amides is 1. The van der Waals surface area contributed by atoms with E-state index in [1.807, 2.05) is 30.5 Å². The topological polar surface area (TPSA) is 101 Å². The molecule has 0 aliphatic carbocycles. The van der Waals surface area contributed by atoms with Gasteiger partial charge in [0.15, 0.2) is 11.0 Å². The Morgan fingerprint density at radius 1 is 1.03 bits per heavy atom. The Bertz CT molecular complexity index is 1190. The van der Waals surface area contributed by atoms with Gasteiger partial charge in [0.1, 0.15) is 0 Å². The fourth-order valence-electron chi connectivity index (χ4n) is 3.73. The SMILES string of the molecule is CCn1c(SC(C)C(=O)N2CCN(S(=O)(=O)c3ccccc3)CC2)nnc1-c1ccncc1. The van der Waals surface area contributed by atoms with Crippen LogP contribution < -0.4 is 0 Å². The van der Waals surface area contributed by atoms with Crippen LogP contribution in [0.15, 0.2) is 64.9 Å². The van der Waals surface area contributed by atoms with Crippen LogP contribution in [0.4, 0.5) is 0 Å². The van der Waals surface area contributed by atoms with Gasteiger partial charge in [-0.3, -0.25) is 9.78 Å². The van der Waals surface area contributed by atoms with Gasteiger partial charge in [-0.15, -0.1) is 10.2 Å². The fraction of sp³-hybridized carbons (Fsp3) is 0.364. The largest absolute Gasteiger partial charge is 0.339 e.